The SMILES string of the molecule is O=C(O)c1ccc2c(c1)CCCN2C(=O)Nc1cnns1. The summed E-state index contributed by atoms with van der Waals surface area (Å²) in [5, 5.41) is 16.0. The van der Waals surface area contributed by atoms with Gasteiger partial charge in [-0.2, -0.15) is 0 Å². The summed E-state index contributed by atoms with van der Waals surface area (Å²) in [6.45, 7) is 0.595. The number of carboxylic acids is 1. The van der Waals surface area contributed by atoms with Gasteiger partial charge in [0, 0.05) is 23.8 Å². The van der Waals surface area contributed by atoms with Gasteiger partial charge in [-0.3, -0.25) is 10.2 Å². The Morgan fingerprint density at radius 2 is 2.24 bits per heavy atom. The molecule has 1 aromatic heterocycles. The predicted octanol–water partition coefficient (Wildman–Crippen LogP) is 2.22. The summed E-state index contributed by atoms with van der Waals surface area (Å²) in [7, 11) is 0. The summed E-state index contributed by atoms with van der Waals surface area (Å²) in [6, 6.07) is 4.57. The van der Waals surface area contributed by atoms with Gasteiger partial charge in [-0.1, -0.05) is 4.49 Å². The Balaban J connectivity index is 1.86. The van der Waals surface area contributed by atoms with Gasteiger partial charge in [0.1, 0.15) is 5.00 Å². The molecule has 1 aliphatic heterocycles. The van der Waals surface area contributed by atoms with E-state index in [1.807, 2.05) is 0 Å². The second-order valence-electron chi connectivity index (χ2n) is 4.62. The molecule has 2 aromatic rings. The number of benzene rings is 1. The Morgan fingerprint density at radius 1 is 1.38 bits per heavy atom. The van der Waals surface area contributed by atoms with Gasteiger partial charge in [-0.25, -0.2) is 9.59 Å². The minimum atomic E-state index is -0.963. The highest BCUT2D eigenvalue weighted by Gasteiger charge is 2.23. The normalized spacial score (nSPS) is 13.6. The third-order valence-electron chi connectivity index (χ3n) is 3.28. The molecule has 0 aliphatic carbocycles. The molecule has 0 bridgehead atoms. The molecule has 7 nitrogen and oxygen atoms in total. The summed E-state index contributed by atoms with van der Waals surface area (Å²) in [5.41, 5.74) is 1.86. The molecule has 0 fully saturated rings. The van der Waals surface area contributed by atoms with E-state index in [-0.39, 0.29) is 11.6 Å². The van der Waals surface area contributed by atoms with E-state index >= 15 is 0 Å². The molecular weight excluding hydrogens is 292 g/mol. The van der Waals surface area contributed by atoms with Crippen molar-refractivity contribution in [2.45, 2.75) is 12.8 Å². The van der Waals surface area contributed by atoms with E-state index in [1.54, 1.807) is 17.0 Å². The van der Waals surface area contributed by atoms with Gasteiger partial charge >= 0.3 is 12.0 Å². The van der Waals surface area contributed by atoms with Crippen molar-refractivity contribution in [3.63, 3.8) is 0 Å². The van der Waals surface area contributed by atoms with Crippen LogP contribution >= 0.6 is 11.5 Å². The minimum absolute atomic E-state index is 0.239. The maximum Gasteiger partial charge on any atom is 0.335 e. The molecule has 2 amide bonds. The molecule has 2 N–H and O–H groups in total. The topological polar surface area (TPSA) is 95.4 Å². The van der Waals surface area contributed by atoms with E-state index in [9.17, 15) is 9.59 Å². The molecule has 0 radical (unpaired) electrons. The van der Waals surface area contributed by atoms with E-state index in [2.05, 4.69) is 14.9 Å². The van der Waals surface area contributed by atoms with Crippen LogP contribution in [0.15, 0.2) is 24.4 Å². The largest absolute Gasteiger partial charge is 0.478 e. The monoisotopic (exact) mass is 304 g/mol. The number of nitrogens with one attached hydrogen (secondary N) is 1. The smallest absolute Gasteiger partial charge is 0.335 e. The molecule has 0 atom stereocenters. The summed E-state index contributed by atoms with van der Waals surface area (Å²) in [6.07, 6.45) is 3.05. The van der Waals surface area contributed by atoms with Crippen LogP contribution in [0.1, 0.15) is 22.3 Å². The van der Waals surface area contributed by atoms with Crippen LogP contribution in [0, 0.1) is 0 Å². The number of carbonyl (C=O) groups excluding carboxylic acids is 1. The number of amides is 2. The van der Waals surface area contributed by atoms with Crippen molar-refractivity contribution < 1.29 is 14.7 Å². The first-order valence-electron chi connectivity index (χ1n) is 6.37. The van der Waals surface area contributed by atoms with Crippen LogP contribution < -0.4 is 10.2 Å². The number of carboxylic acid groups (broad SMARTS) is 1. The molecule has 0 saturated carbocycles. The lowest BCUT2D eigenvalue weighted by Crippen LogP contribution is -2.38. The Kier molecular flexibility index (Phi) is 3.53. The molecule has 0 unspecified atom stereocenters. The van der Waals surface area contributed by atoms with Crippen molar-refractivity contribution in [3.8, 4) is 0 Å². The van der Waals surface area contributed by atoms with E-state index in [0.717, 1.165) is 35.6 Å². The first-order chi connectivity index (χ1) is 10.1. The number of hydrogen-bond donors (Lipinski definition) is 2. The molecule has 21 heavy (non-hydrogen) atoms. The highest BCUT2D eigenvalue weighted by molar-refractivity contribution is 7.10. The average Bonchev–Trinajstić information content (AvgIpc) is 2.98. The molecule has 3 rings (SSSR count). The van der Waals surface area contributed by atoms with Gasteiger partial charge < -0.3 is 5.11 Å². The fraction of sp³-hybridized carbons (Fsp3) is 0.231. The summed E-state index contributed by atoms with van der Waals surface area (Å²) < 4.78 is 3.69. The predicted molar refractivity (Wildman–Crippen MR) is 78.0 cm³/mol. The standard InChI is InChI=1S/C13H12N4O3S/c18-12(19)9-3-4-10-8(6-9)2-1-5-17(10)13(20)15-11-7-14-16-21-11/h3-4,6-7H,1-2,5H2,(H,15,20)(H,18,19). The van der Waals surface area contributed by atoms with Crippen LogP contribution in [-0.4, -0.2) is 33.2 Å². The van der Waals surface area contributed by atoms with Gasteiger partial charge in [0.25, 0.3) is 0 Å². The number of hydrogen-bond acceptors (Lipinski definition) is 5. The number of carbonyl (C=O) groups is 2. The Hall–Kier alpha value is -2.48. The molecule has 8 heteroatoms. The number of rotatable bonds is 2. The van der Waals surface area contributed by atoms with Crippen molar-refractivity contribution in [2.24, 2.45) is 0 Å². The number of nitrogens with zero attached hydrogens (tertiary/aromatic N) is 3. The Labute approximate surface area is 124 Å². The van der Waals surface area contributed by atoms with Crippen molar-refractivity contribution in [3.05, 3.63) is 35.5 Å². The summed E-state index contributed by atoms with van der Waals surface area (Å²) in [5.74, 6) is -0.963. The van der Waals surface area contributed by atoms with Crippen LogP contribution in [0.2, 0.25) is 0 Å². The molecule has 0 spiro atoms. The van der Waals surface area contributed by atoms with Gasteiger partial charge in [0.15, 0.2) is 0 Å². The number of urea groups is 1. The zero-order valence-corrected chi connectivity index (χ0v) is 11.8. The maximum atomic E-state index is 12.3. The lowest BCUT2D eigenvalue weighted by molar-refractivity contribution is 0.0696. The lowest BCUT2D eigenvalue weighted by Gasteiger charge is -2.29. The average molecular weight is 304 g/mol. The minimum Gasteiger partial charge on any atom is -0.478 e. The van der Waals surface area contributed by atoms with Crippen molar-refractivity contribution in [2.75, 3.05) is 16.8 Å². The quantitative estimate of drug-likeness (QED) is 0.887. The molecule has 2 heterocycles. The Bertz CT molecular complexity index is 687. The fourth-order valence-corrected chi connectivity index (χ4v) is 2.75. The van der Waals surface area contributed by atoms with Crippen LogP contribution in [0.25, 0.3) is 0 Å². The maximum absolute atomic E-state index is 12.3. The molecule has 0 saturated heterocycles. The second kappa shape index (κ2) is 5.49. The number of fused-ring (bicyclic) bond motifs is 1. The molecule has 1 aliphatic rings. The Morgan fingerprint density at radius 3 is 2.95 bits per heavy atom. The van der Waals surface area contributed by atoms with Gasteiger partial charge in [-0.05, 0) is 36.6 Å². The van der Waals surface area contributed by atoms with Crippen LogP contribution in [0.5, 0.6) is 0 Å². The van der Waals surface area contributed by atoms with E-state index in [0.29, 0.717) is 11.5 Å². The zero-order chi connectivity index (χ0) is 14.8. The number of aryl methyl sites for hydroxylation is 1. The third kappa shape index (κ3) is 2.70. The molecule has 108 valence electrons. The van der Waals surface area contributed by atoms with Crippen molar-refractivity contribution in [1.82, 2.24) is 9.59 Å². The van der Waals surface area contributed by atoms with E-state index in [4.69, 9.17) is 5.11 Å². The molecule has 1 aromatic carbocycles. The van der Waals surface area contributed by atoms with E-state index in [1.165, 1.54) is 12.3 Å². The summed E-state index contributed by atoms with van der Waals surface area (Å²) >= 11 is 1.11. The van der Waals surface area contributed by atoms with Crippen molar-refractivity contribution >= 4 is 34.2 Å². The number of aromatic carboxylic acids is 1. The van der Waals surface area contributed by atoms with E-state index < -0.39 is 5.97 Å². The van der Waals surface area contributed by atoms with Crippen LogP contribution in [0.3, 0.4) is 0 Å². The second-order valence-corrected chi connectivity index (χ2v) is 5.40. The van der Waals surface area contributed by atoms with Gasteiger partial charge in [0.2, 0.25) is 0 Å². The first-order valence-corrected chi connectivity index (χ1v) is 7.14. The molecular formula is C13H12N4O3S. The van der Waals surface area contributed by atoms with Gasteiger partial charge in [-0.15, -0.1) is 5.10 Å². The summed E-state index contributed by atoms with van der Waals surface area (Å²) in [4.78, 5) is 24.9. The number of aromatic nitrogens is 2. The van der Waals surface area contributed by atoms with Crippen LogP contribution in [0.4, 0.5) is 15.5 Å². The first kappa shape index (κ1) is 13.5. The van der Waals surface area contributed by atoms with Gasteiger partial charge in [0.05, 0.1) is 11.8 Å². The highest BCUT2D eigenvalue weighted by Crippen LogP contribution is 2.29. The van der Waals surface area contributed by atoms with Crippen LogP contribution in [-0.2, 0) is 6.42 Å². The highest BCUT2D eigenvalue weighted by atomic mass is 32.1. The zero-order valence-electron chi connectivity index (χ0n) is 10.9. The fourth-order valence-electron chi connectivity index (χ4n) is 2.34. The number of anilines is 2. The van der Waals surface area contributed by atoms with Crippen molar-refractivity contribution in [1.29, 1.82) is 0 Å². The third-order valence-corrected chi connectivity index (χ3v) is 3.86. The lowest BCUT2D eigenvalue weighted by atomic mass is 9.99.